The van der Waals surface area contributed by atoms with Crippen molar-refractivity contribution in [1.29, 1.82) is 0 Å². The molecule has 5 heteroatoms. The zero-order chi connectivity index (χ0) is 15.4. The molecule has 1 aliphatic rings. The maximum Gasteiger partial charge on any atom is 0.216 e. The van der Waals surface area contributed by atoms with Crippen LogP contribution in [0.25, 0.3) is 0 Å². The van der Waals surface area contributed by atoms with Crippen LogP contribution in [0, 0.1) is 11.7 Å². The third-order valence-electron chi connectivity index (χ3n) is 4.04. The van der Waals surface area contributed by atoms with Crippen LogP contribution < -0.4 is 10.2 Å². The van der Waals surface area contributed by atoms with Crippen molar-refractivity contribution in [2.24, 2.45) is 5.92 Å². The number of piperidine rings is 1. The molecule has 0 aliphatic carbocycles. The van der Waals surface area contributed by atoms with E-state index in [0.717, 1.165) is 31.6 Å². The zero-order valence-electron chi connectivity index (χ0n) is 12.6. The fraction of sp³-hybridized carbons (Fsp3) is 0.562. The average Bonchev–Trinajstić information content (AvgIpc) is 2.45. The van der Waals surface area contributed by atoms with Crippen LogP contribution in [0.1, 0.15) is 38.4 Å². The van der Waals surface area contributed by atoms with Crippen molar-refractivity contribution in [2.75, 3.05) is 24.5 Å². The first-order valence-electron chi connectivity index (χ1n) is 7.45. The van der Waals surface area contributed by atoms with Gasteiger partial charge in [0, 0.05) is 37.8 Å². The molecule has 0 aromatic heterocycles. The van der Waals surface area contributed by atoms with Gasteiger partial charge < -0.3 is 15.3 Å². The predicted octanol–water partition coefficient (Wildman–Crippen LogP) is 2.23. The van der Waals surface area contributed by atoms with Crippen LogP contribution in [-0.2, 0) is 4.79 Å². The second-order valence-electron chi connectivity index (χ2n) is 5.72. The van der Waals surface area contributed by atoms with Gasteiger partial charge in [0.15, 0.2) is 0 Å². The smallest absolute Gasteiger partial charge is 0.216 e. The molecule has 1 heterocycles. The molecule has 1 aliphatic heterocycles. The molecular formula is C16H23FN2O2. The Hall–Kier alpha value is -1.62. The molecule has 2 N–H and O–H groups in total. The van der Waals surface area contributed by atoms with E-state index in [9.17, 15) is 14.3 Å². The second-order valence-corrected chi connectivity index (χ2v) is 5.72. The van der Waals surface area contributed by atoms with Crippen LogP contribution in [0.4, 0.5) is 10.1 Å². The lowest BCUT2D eigenvalue weighted by molar-refractivity contribution is -0.119. The van der Waals surface area contributed by atoms with Gasteiger partial charge in [-0.1, -0.05) is 6.07 Å². The molecular weight excluding hydrogens is 271 g/mol. The molecule has 1 atom stereocenters. The first-order chi connectivity index (χ1) is 9.99. The Kier molecular flexibility index (Phi) is 5.17. The Labute approximate surface area is 125 Å². The molecule has 116 valence electrons. The van der Waals surface area contributed by atoms with Gasteiger partial charge in [-0.2, -0.15) is 0 Å². The molecule has 0 spiro atoms. The summed E-state index contributed by atoms with van der Waals surface area (Å²) in [4.78, 5) is 13.1. The van der Waals surface area contributed by atoms with Crippen LogP contribution >= 0.6 is 0 Å². The summed E-state index contributed by atoms with van der Waals surface area (Å²) in [5.41, 5.74) is 1.15. The van der Waals surface area contributed by atoms with Gasteiger partial charge >= 0.3 is 0 Å². The van der Waals surface area contributed by atoms with E-state index in [4.69, 9.17) is 0 Å². The Morgan fingerprint density at radius 1 is 1.48 bits per heavy atom. The summed E-state index contributed by atoms with van der Waals surface area (Å²) in [6.07, 6.45) is 1.09. The molecule has 1 aromatic carbocycles. The molecule has 1 aromatic rings. The summed E-state index contributed by atoms with van der Waals surface area (Å²) in [6.45, 7) is 5.44. The van der Waals surface area contributed by atoms with E-state index in [2.05, 4.69) is 10.2 Å². The Balaban J connectivity index is 2.02. The number of benzene rings is 1. The van der Waals surface area contributed by atoms with E-state index >= 15 is 0 Å². The number of amides is 1. The highest BCUT2D eigenvalue weighted by atomic mass is 19.1. The number of aliphatic hydroxyl groups excluding tert-OH is 1. The predicted molar refractivity (Wildman–Crippen MR) is 80.7 cm³/mol. The largest absolute Gasteiger partial charge is 0.389 e. The van der Waals surface area contributed by atoms with Crippen molar-refractivity contribution >= 4 is 11.6 Å². The molecule has 1 fully saturated rings. The Bertz CT molecular complexity index is 497. The maximum absolute atomic E-state index is 13.9. The van der Waals surface area contributed by atoms with Crippen molar-refractivity contribution in [3.05, 3.63) is 29.6 Å². The van der Waals surface area contributed by atoms with Crippen LogP contribution in [0.5, 0.6) is 0 Å². The lowest BCUT2D eigenvalue weighted by Gasteiger charge is -2.35. The Morgan fingerprint density at radius 2 is 2.14 bits per heavy atom. The number of carbonyl (C=O) groups excluding carboxylic acids is 1. The number of hydrogen-bond acceptors (Lipinski definition) is 3. The summed E-state index contributed by atoms with van der Waals surface area (Å²) in [5.74, 6) is 0.107. The molecule has 0 radical (unpaired) electrons. The SMILES string of the molecule is CC(=O)NCC1CCN(c2cccc(F)c2[C@H](C)O)CC1. The molecule has 0 saturated carbocycles. The second kappa shape index (κ2) is 6.89. The van der Waals surface area contributed by atoms with Gasteiger partial charge in [0.25, 0.3) is 0 Å². The van der Waals surface area contributed by atoms with E-state index in [1.165, 1.54) is 13.0 Å². The van der Waals surface area contributed by atoms with Crippen molar-refractivity contribution < 1.29 is 14.3 Å². The number of halogens is 1. The zero-order valence-corrected chi connectivity index (χ0v) is 12.6. The molecule has 1 saturated heterocycles. The van der Waals surface area contributed by atoms with E-state index in [0.29, 0.717) is 18.0 Å². The highest BCUT2D eigenvalue weighted by molar-refractivity contribution is 5.72. The highest BCUT2D eigenvalue weighted by Gasteiger charge is 2.23. The number of carbonyl (C=O) groups is 1. The normalized spacial score (nSPS) is 17.6. The standard InChI is InChI=1S/C16H23FN2O2/c1-11(20)16-14(17)4-3-5-15(16)19-8-6-13(7-9-19)10-18-12(2)21/h3-5,11,13,20H,6-10H2,1-2H3,(H,18,21)/t11-/m0/s1. The Morgan fingerprint density at radius 3 is 2.71 bits per heavy atom. The summed E-state index contributed by atoms with van der Waals surface area (Å²) in [7, 11) is 0. The molecule has 4 nitrogen and oxygen atoms in total. The summed E-state index contributed by atoms with van der Waals surface area (Å²) >= 11 is 0. The van der Waals surface area contributed by atoms with E-state index in [1.54, 1.807) is 13.0 Å². The van der Waals surface area contributed by atoms with Crippen LogP contribution in [-0.4, -0.2) is 30.6 Å². The first kappa shape index (κ1) is 15.8. The quantitative estimate of drug-likeness (QED) is 0.895. The van der Waals surface area contributed by atoms with Crippen LogP contribution in [0.2, 0.25) is 0 Å². The fourth-order valence-corrected chi connectivity index (χ4v) is 2.88. The first-order valence-corrected chi connectivity index (χ1v) is 7.45. The number of rotatable bonds is 4. The third kappa shape index (κ3) is 3.94. The molecule has 21 heavy (non-hydrogen) atoms. The number of hydrogen-bond donors (Lipinski definition) is 2. The fourth-order valence-electron chi connectivity index (χ4n) is 2.88. The van der Waals surface area contributed by atoms with Gasteiger partial charge in [-0.25, -0.2) is 4.39 Å². The summed E-state index contributed by atoms with van der Waals surface area (Å²) < 4.78 is 13.9. The molecule has 0 bridgehead atoms. The number of aliphatic hydroxyl groups is 1. The summed E-state index contributed by atoms with van der Waals surface area (Å²) in [5, 5.41) is 12.7. The van der Waals surface area contributed by atoms with Crippen molar-refractivity contribution in [2.45, 2.75) is 32.8 Å². The van der Waals surface area contributed by atoms with Crippen molar-refractivity contribution in [1.82, 2.24) is 5.32 Å². The molecule has 2 rings (SSSR count). The molecule has 0 unspecified atom stereocenters. The minimum atomic E-state index is -0.821. The lowest BCUT2D eigenvalue weighted by atomic mass is 9.95. The van der Waals surface area contributed by atoms with E-state index in [-0.39, 0.29) is 11.7 Å². The van der Waals surface area contributed by atoms with Gasteiger partial charge in [0.05, 0.1) is 6.10 Å². The van der Waals surface area contributed by atoms with Gasteiger partial charge in [-0.15, -0.1) is 0 Å². The number of nitrogens with one attached hydrogen (secondary N) is 1. The van der Waals surface area contributed by atoms with Gasteiger partial charge in [0.2, 0.25) is 5.91 Å². The van der Waals surface area contributed by atoms with Crippen molar-refractivity contribution in [3.63, 3.8) is 0 Å². The number of anilines is 1. The van der Waals surface area contributed by atoms with Crippen molar-refractivity contribution in [3.8, 4) is 0 Å². The minimum Gasteiger partial charge on any atom is -0.389 e. The number of nitrogens with zero attached hydrogens (tertiary/aromatic N) is 1. The highest BCUT2D eigenvalue weighted by Crippen LogP contribution is 2.31. The molecule has 1 amide bonds. The van der Waals surface area contributed by atoms with Gasteiger partial charge in [-0.05, 0) is 37.8 Å². The van der Waals surface area contributed by atoms with Gasteiger partial charge in [-0.3, -0.25) is 4.79 Å². The monoisotopic (exact) mass is 294 g/mol. The van der Waals surface area contributed by atoms with E-state index < -0.39 is 6.10 Å². The van der Waals surface area contributed by atoms with Gasteiger partial charge in [0.1, 0.15) is 5.82 Å². The average molecular weight is 294 g/mol. The third-order valence-corrected chi connectivity index (χ3v) is 4.04. The van der Waals surface area contributed by atoms with E-state index in [1.807, 2.05) is 6.07 Å². The van der Waals surface area contributed by atoms with Crippen LogP contribution in [0.15, 0.2) is 18.2 Å². The lowest BCUT2D eigenvalue weighted by Crippen LogP contribution is -2.38. The minimum absolute atomic E-state index is 0.000971. The van der Waals surface area contributed by atoms with Crippen LogP contribution in [0.3, 0.4) is 0 Å². The summed E-state index contributed by atoms with van der Waals surface area (Å²) in [6, 6.07) is 4.92. The maximum atomic E-state index is 13.9. The topological polar surface area (TPSA) is 52.6 Å².